The predicted octanol–water partition coefficient (Wildman–Crippen LogP) is 2.69. The third-order valence-electron chi connectivity index (χ3n) is 4.25. The third-order valence-corrected chi connectivity index (χ3v) is 4.25. The Morgan fingerprint density at radius 2 is 2.00 bits per heavy atom. The zero-order valence-electron chi connectivity index (χ0n) is 12.4. The number of rotatable bonds is 3. The van der Waals surface area contributed by atoms with E-state index in [2.05, 4.69) is 5.32 Å². The summed E-state index contributed by atoms with van der Waals surface area (Å²) in [6.07, 6.45) is 6.05. The molecule has 116 valence electrons. The molecule has 1 aliphatic carbocycles. The van der Waals surface area contributed by atoms with Crippen LogP contribution in [0.5, 0.6) is 0 Å². The number of amides is 1. The molecule has 0 unspecified atom stereocenters. The number of hydrogen-bond donors (Lipinski definition) is 2. The molecule has 0 spiro atoms. The molecule has 1 aliphatic rings. The Kier molecular flexibility index (Phi) is 4.13. The third kappa shape index (κ3) is 3.13. The van der Waals surface area contributed by atoms with Crippen molar-refractivity contribution >= 4 is 22.6 Å². The van der Waals surface area contributed by atoms with Crippen LogP contribution in [0.3, 0.4) is 0 Å². The maximum absolute atomic E-state index is 12.2. The van der Waals surface area contributed by atoms with E-state index >= 15 is 0 Å². The van der Waals surface area contributed by atoms with E-state index in [1.807, 2.05) is 0 Å². The van der Waals surface area contributed by atoms with Gasteiger partial charge in [-0.15, -0.1) is 0 Å². The first-order chi connectivity index (χ1) is 10.6. The average Bonchev–Trinajstić information content (AvgIpc) is 2.54. The summed E-state index contributed by atoms with van der Waals surface area (Å²) < 4.78 is 5.53. The molecule has 5 nitrogen and oxygen atoms in total. The number of nitrogen functional groups attached to an aromatic ring is 1. The quantitative estimate of drug-likeness (QED) is 0.853. The molecule has 3 N–H and O–H groups in total. The van der Waals surface area contributed by atoms with E-state index in [1.54, 1.807) is 18.2 Å². The van der Waals surface area contributed by atoms with Crippen LogP contribution in [0.15, 0.2) is 33.5 Å². The molecule has 5 heteroatoms. The molecule has 0 bridgehead atoms. The van der Waals surface area contributed by atoms with Crippen molar-refractivity contribution in [2.24, 2.45) is 5.92 Å². The lowest BCUT2D eigenvalue weighted by Crippen LogP contribution is -2.30. The summed E-state index contributed by atoms with van der Waals surface area (Å²) in [6.45, 7) is 0.641. The summed E-state index contributed by atoms with van der Waals surface area (Å²) in [5.41, 5.74) is 6.28. The Morgan fingerprint density at radius 1 is 1.23 bits per heavy atom. The normalized spacial score (nSPS) is 15.8. The van der Waals surface area contributed by atoms with Gasteiger partial charge in [-0.25, -0.2) is 0 Å². The highest BCUT2D eigenvalue weighted by molar-refractivity contribution is 5.93. The lowest BCUT2D eigenvalue weighted by atomic mass is 9.89. The van der Waals surface area contributed by atoms with Crippen LogP contribution in [0.1, 0.15) is 42.7 Å². The van der Waals surface area contributed by atoms with E-state index in [4.69, 9.17) is 10.2 Å². The van der Waals surface area contributed by atoms with Gasteiger partial charge in [-0.05, 0) is 37.0 Å². The van der Waals surface area contributed by atoms with Crippen molar-refractivity contribution in [3.63, 3.8) is 0 Å². The lowest BCUT2D eigenvalue weighted by molar-refractivity contribution is 0.0916. The minimum absolute atomic E-state index is 0.0538. The van der Waals surface area contributed by atoms with Gasteiger partial charge in [-0.2, -0.15) is 0 Å². The standard InChI is InChI=1S/C17H20N2O3/c18-12-6-7-15-13(8-12)14(20)9-16(22-15)17(21)19-10-11-4-2-1-3-5-11/h6-9,11H,1-5,10,18H2,(H,19,21). The predicted molar refractivity (Wildman–Crippen MR) is 85.8 cm³/mol. The number of anilines is 1. The van der Waals surface area contributed by atoms with Gasteiger partial charge in [0.05, 0.1) is 5.39 Å². The lowest BCUT2D eigenvalue weighted by Gasteiger charge is -2.21. The number of benzene rings is 1. The van der Waals surface area contributed by atoms with E-state index in [9.17, 15) is 9.59 Å². The van der Waals surface area contributed by atoms with Crippen LogP contribution in [0.4, 0.5) is 5.69 Å². The molecule has 1 amide bonds. The van der Waals surface area contributed by atoms with Crippen LogP contribution in [-0.2, 0) is 0 Å². The van der Waals surface area contributed by atoms with Crippen LogP contribution in [-0.4, -0.2) is 12.5 Å². The van der Waals surface area contributed by atoms with Crippen molar-refractivity contribution in [3.8, 4) is 0 Å². The van der Waals surface area contributed by atoms with Gasteiger partial charge < -0.3 is 15.5 Å². The molecule has 3 rings (SSSR count). The Morgan fingerprint density at radius 3 is 2.77 bits per heavy atom. The van der Waals surface area contributed by atoms with Crippen LogP contribution < -0.4 is 16.5 Å². The summed E-state index contributed by atoms with van der Waals surface area (Å²) in [5.74, 6) is 0.254. The van der Waals surface area contributed by atoms with Gasteiger partial charge in [-0.3, -0.25) is 9.59 Å². The van der Waals surface area contributed by atoms with Crippen LogP contribution in [0, 0.1) is 5.92 Å². The van der Waals surface area contributed by atoms with Crippen LogP contribution in [0.2, 0.25) is 0 Å². The maximum Gasteiger partial charge on any atom is 0.287 e. The summed E-state index contributed by atoms with van der Waals surface area (Å²) in [4.78, 5) is 24.2. The molecule has 1 fully saturated rings. The SMILES string of the molecule is Nc1ccc2oc(C(=O)NCC3CCCCC3)cc(=O)c2c1. The van der Waals surface area contributed by atoms with Crippen LogP contribution >= 0.6 is 0 Å². The van der Waals surface area contributed by atoms with Gasteiger partial charge in [0, 0.05) is 18.3 Å². The van der Waals surface area contributed by atoms with Gasteiger partial charge >= 0.3 is 0 Å². The Bertz CT molecular complexity index is 745. The summed E-state index contributed by atoms with van der Waals surface area (Å²) >= 11 is 0. The zero-order chi connectivity index (χ0) is 15.5. The highest BCUT2D eigenvalue weighted by Crippen LogP contribution is 2.23. The molecule has 1 aromatic heterocycles. The monoisotopic (exact) mass is 300 g/mol. The first-order valence-electron chi connectivity index (χ1n) is 7.75. The van der Waals surface area contributed by atoms with E-state index in [1.165, 1.54) is 25.3 Å². The highest BCUT2D eigenvalue weighted by atomic mass is 16.3. The van der Waals surface area contributed by atoms with Gasteiger partial charge in [0.2, 0.25) is 0 Å². The summed E-state index contributed by atoms with van der Waals surface area (Å²) in [7, 11) is 0. The maximum atomic E-state index is 12.2. The second-order valence-electron chi connectivity index (χ2n) is 5.94. The first kappa shape index (κ1) is 14.6. The number of hydrogen-bond acceptors (Lipinski definition) is 4. The fourth-order valence-electron chi connectivity index (χ4n) is 3.00. The molecule has 0 aliphatic heterocycles. The molecule has 2 aromatic rings. The largest absolute Gasteiger partial charge is 0.451 e. The molecule has 1 aromatic carbocycles. The van der Waals surface area contributed by atoms with Crippen molar-refractivity contribution in [2.75, 3.05) is 12.3 Å². The smallest absolute Gasteiger partial charge is 0.287 e. The van der Waals surface area contributed by atoms with Crippen molar-refractivity contribution in [2.45, 2.75) is 32.1 Å². The molecule has 1 saturated carbocycles. The van der Waals surface area contributed by atoms with Crippen molar-refractivity contribution in [3.05, 3.63) is 40.2 Å². The van der Waals surface area contributed by atoms with Crippen molar-refractivity contribution in [1.82, 2.24) is 5.32 Å². The average molecular weight is 300 g/mol. The van der Waals surface area contributed by atoms with Gasteiger partial charge in [0.1, 0.15) is 5.58 Å². The Hall–Kier alpha value is -2.30. The number of nitrogens with two attached hydrogens (primary N) is 1. The Balaban J connectivity index is 1.76. The van der Waals surface area contributed by atoms with Gasteiger partial charge in [0.15, 0.2) is 11.2 Å². The van der Waals surface area contributed by atoms with Gasteiger partial charge in [-0.1, -0.05) is 19.3 Å². The highest BCUT2D eigenvalue weighted by Gasteiger charge is 2.17. The molecular formula is C17H20N2O3. The topological polar surface area (TPSA) is 85.3 Å². The summed E-state index contributed by atoms with van der Waals surface area (Å²) in [5, 5.41) is 3.27. The van der Waals surface area contributed by atoms with Crippen LogP contribution in [0.25, 0.3) is 11.0 Å². The summed E-state index contributed by atoms with van der Waals surface area (Å²) in [6, 6.07) is 6.06. The molecule has 0 atom stereocenters. The molecule has 1 heterocycles. The molecule has 0 saturated heterocycles. The minimum atomic E-state index is -0.332. The zero-order valence-corrected chi connectivity index (χ0v) is 12.4. The van der Waals surface area contributed by atoms with Gasteiger partial charge in [0.25, 0.3) is 5.91 Å². The van der Waals surface area contributed by atoms with Crippen molar-refractivity contribution < 1.29 is 9.21 Å². The fraction of sp³-hybridized carbons (Fsp3) is 0.412. The number of fused-ring (bicyclic) bond motifs is 1. The van der Waals surface area contributed by atoms with E-state index < -0.39 is 0 Å². The van der Waals surface area contributed by atoms with E-state index in [0.29, 0.717) is 29.1 Å². The first-order valence-corrected chi connectivity index (χ1v) is 7.75. The fourth-order valence-corrected chi connectivity index (χ4v) is 3.00. The number of nitrogens with one attached hydrogen (secondary N) is 1. The Labute approximate surface area is 128 Å². The second kappa shape index (κ2) is 6.22. The minimum Gasteiger partial charge on any atom is -0.451 e. The molecular weight excluding hydrogens is 280 g/mol. The molecule has 22 heavy (non-hydrogen) atoms. The van der Waals surface area contributed by atoms with E-state index in [0.717, 1.165) is 12.8 Å². The second-order valence-corrected chi connectivity index (χ2v) is 5.94. The molecule has 0 radical (unpaired) electrons. The number of carbonyl (C=O) groups excluding carboxylic acids is 1. The number of carbonyl (C=O) groups is 1. The van der Waals surface area contributed by atoms with E-state index in [-0.39, 0.29) is 17.1 Å². The van der Waals surface area contributed by atoms with Crippen molar-refractivity contribution in [1.29, 1.82) is 0 Å².